The molecule has 50 heavy (non-hydrogen) atoms. The van der Waals surface area contributed by atoms with Crippen LogP contribution in [0.1, 0.15) is 63.0 Å². The second kappa shape index (κ2) is 11.7. The molecule has 0 bridgehead atoms. The molecule has 5 heterocycles. The van der Waals surface area contributed by atoms with Crippen molar-refractivity contribution >= 4 is 17.6 Å². The van der Waals surface area contributed by atoms with E-state index in [0.29, 0.717) is 42.3 Å². The van der Waals surface area contributed by atoms with Gasteiger partial charge in [0.05, 0.1) is 18.2 Å². The zero-order valence-electron chi connectivity index (χ0n) is 25.9. The summed E-state index contributed by atoms with van der Waals surface area (Å²) in [6, 6.07) is 9.99. The molecule has 1 saturated carbocycles. The zero-order valence-corrected chi connectivity index (χ0v) is 25.9. The van der Waals surface area contributed by atoms with E-state index in [4.69, 9.17) is 9.47 Å². The fourth-order valence-corrected chi connectivity index (χ4v) is 7.01. The summed E-state index contributed by atoms with van der Waals surface area (Å²) in [4.78, 5) is 30.7. The number of rotatable bonds is 6. The first-order valence-electron chi connectivity index (χ1n) is 15.8. The molecular weight excluding hydrogens is 672 g/mol. The van der Waals surface area contributed by atoms with E-state index in [9.17, 15) is 35.9 Å². The fourth-order valence-electron chi connectivity index (χ4n) is 7.01. The highest BCUT2D eigenvalue weighted by atomic mass is 19.4. The standard InChI is InChI=1S/C33H27F6N7O4/c34-32(35,36)22-11-16(1-2-17(22)14-45-9-10-46-26(15-45)43-44-31(46)33(37,38)39)30(48)41-23-13-21-20-12-18(3-5-24(20)50-28(21)23)49-25-7-8-40-29-19(25)4-6-27(47)42-29/h1-3,5,7-8,11-12,21,23,28H,4,6,9-10,13-15H2,(H,41,48)(H,40,42,47)/t21-,23?,28+/m1/s1. The second-order valence-electron chi connectivity index (χ2n) is 12.7. The van der Waals surface area contributed by atoms with Gasteiger partial charge in [-0.05, 0) is 54.8 Å². The summed E-state index contributed by atoms with van der Waals surface area (Å²) in [5.74, 6) is 0.254. The third-order valence-corrected chi connectivity index (χ3v) is 9.52. The Morgan fingerprint density at radius 2 is 1.86 bits per heavy atom. The van der Waals surface area contributed by atoms with E-state index in [2.05, 4.69) is 25.8 Å². The number of nitrogens with one attached hydrogen (secondary N) is 2. The van der Waals surface area contributed by atoms with Crippen molar-refractivity contribution in [3.8, 4) is 17.2 Å². The Morgan fingerprint density at radius 3 is 2.66 bits per heavy atom. The minimum absolute atomic E-state index is 0.00976. The quantitative estimate of drug-likeness (QED) is 0.255. The Kier molecular flexibility index (Phi) is 7.50. The first kappa shape index (κ1) is 32.0. The van der Waals surface area contributed by atoms with E-state index >= 15 is 0 Å². The Morgan fingerprint density at radius 1 is 1.02 bits per heavy atom. The monoisotopic (exact) mass is 699 g/mol. The van der Waals surface area contributed by atoms with E-state index in [0.717, 1.165) is 21.8 Å². The SMILES string of the molecule is O=C1CCc2c(Oc3ccc4c(c3)[C@H]3CC(NC(=O)c5ccc(CN6CCn7c(nnc7C(F)(F)F)C6)c(C(F)(F)F)c5)[C@H]3O4)ccnc2N1. The van der Waals surface area contributed by atoms with Crippen LogP contribution in [0.5, 0.6) is 17.2 Å². The molecule has 0 saturated heterocycles. The number of anilines is 1. The number of nitrogens with zero attached hydrogens (tertiary/aromatic N) is 5. The van der Waals surface area contributed by atoms with Crippen molar-refractivity contribution in [2.75, 3.05) is 11.9 Å². The number of amides is 2. The minimum Gasteiger partial charge on any atom is -0.487 e. The summed E-state index contributed by atoms with van der Waals surface area (Å²) in [6.45, 7) is -0.404. The molecule has 17 heteroatoms. The van der Waals surface area contributed by atoms with Crippen molar-refractivity contribution in [2.24, 2.45) is 0 Å². The topological polar surface area (TPSA) is 124 Å². The predicted octanol–water partition coefficient (Wildman–Crippen LogP) is 5.45. The highest BCUT2D eigenvalue weighted by Crippen LogP contribution is 2.51. The Balaban J connectivity index is 0.924. The molecule has 2 N–H and O–H groups in total. The van der Waals surface area contributed by atoms with Gasteiger partial charge in [0.1, 0.15) is 35.0 Å². The molecule has 8 rings (SSSR count). The first-order chi connectivity index (χ1) is 23.8. The van der Waals surface area contributed by atoms with Crippen LogP contribution in [-0.2, 0) is 43.2 Å². The van der Waals surface area contributed by atoms with Crippen LogP contribution in [0.15, 0.2) is 48.7 Å². The summed E-state index contributed by atoms with van der Waals surface area (Å²) in [6.07, 6.45) is -7.01. The number of fused-ring (bicyclic) bond motifs is 5. The maximum absolute atomic E-state index is 14.2. The fraction of sp³-hybridized carbons (Fsp3) is 0.364. The lowest BCUT2D eigenvalue weighted by Crippen LogP contribution is -2.55. The molecule has 11 nitrogen and oxygen atoms in total. The molecule has 260 valence electrons. The molecule has 2 aromatic heterocycles. The third kappa shape index (κ3) is 5.78. The van der Waals surface area contributed by atoms with Crippen LogP contribution in [0.4, 0.5) is 32.2 Å². The summed E-state index contributed by atoms with van der Waals surface area (Å²) < 4.78 is 95.4. The van der Waals surface area contributed by atoms with Crippen molar-refractivity contribution in [1.82, 2.24) is 30.0 Å². The average Bonchev–Trinajstić information content (AvgIpc) is 3.61. The molecular formula is C33H27F6N7O4. The van der Waals surface area contributed by atoms with Crippen LogP contribution in [0.3, 0.4) is 0 Å². The first-order valence-corrected chi connectivity index (χ1v) is 15.8. The lowest BCUT2D eigenvalue weighted by atomic mass is 9.74. The Bertz CT molecular complexity index is 2030. The van der Waals surface area contributed by atoms with E-state index in [1.807, 2.05) is 6.07 Å². The van der Waals surface area contributed by atoms with Gasteiger partial charge in [-0.3, -0.25) is 14.5 Å². The number of carbonyl (C=O) groups is 2. The summed E-state index contributed by atoms with van der Waals surface area (Å²) in [5, 5.41) is 12.3. The Labute approximate surface area is 279 Å². The highest BCUT2D eigenvalue weighted by Gasteiger charge is 2.50. The average molecular weight is 700 g/mol. The normalized spacial score (nSPS) is 21.2. The number of benzene rings is 2. The third-order valence-electron chi connectivity index (χ3n) is 9.52. The molecule has 0 spiro atoms. The maximum Gasteiger partial charge on any atom is 0.451 e. The number of alkyl halides is 6. The molecule has 3 atom stereocenters. The predicted molar refractivity (Wildman–Crippen MR) is 161 cm³/mol. The van der Waals surface area contributed by atoms with E-state index in [-0.39, 0.29) is 55.0 Å². The molecule has 1 aliphatic carbocycles. The number of aromatic nitrogens is 4. The molecule has 2 aromatic carbocycles. The van der Waals surface area contributed by atoms with Gasteiger partial charge in [-0.15, -0.1) is 10.2 Å². The van der Waals surface area contributed by atoms with Gasteiger partial charge < -0.3 is 24.7 Å². The summed E-state index contributed by atoms with van der Waals surface area (Å²) >= 11 is 0. The molecule has 4 aromatic rings. The lowest BCUT2D eigenvalue weighted by Gasteiger charge is -2.39. The van der Waals surface area contributed by atoms with Gasteiger partial charge in [0.15, 0.2) is 0 Å². The van der Waals surface area contributed by atoms with Crippen molar-refractivity contribution in [3.05, 3.63) is 88.1 Å². The van der Waals surface area contributed by atoms with E-state index < -0.39 is 41.8 Å². The van der Waals surface area contributed by atoms with Crippen LogP contribution in [0.2, 0.25) is 0 Å². The molecule has 2 amide bonds. The number of ether oxygens (including phenoxy) is 2. The summed E-state index contributed by atoms with van der Waals surface area (Å²) in [7, 11) is 0. The van der Waals surface area contributed by atoms with Crippen molar-refractivity contribution in [3.63, 3.8) is 0 Å². The van der Waals surface area contributed by atoms with Crippen LogP contribution in [0, 0.1) is 0 Å². The van der Waals surface area contributed by atoms with Gasteiger partial charge in [0, 0.05) is 54.9 Å². The number of pyridine rings is 1. The van der Waals surface area contributed by atoms with Gasteiger partial charge in [-0.25, -0.2) is 4.98 Å². The molecule has 0 radical (unpaired) electrons. The molecule has 1 fully saturated rings. The molecule has 1 unspecified atom stereocenters. The van der Waals surface area contributed by atoms with Gasteiger partial charge >= 0.3 is 12.4 Å². The maximum atomic E-state index is 14.2. The smallest absolute Gasteiger partial charge is 0.451 e. The van der Waals surface area contributed by atoms with Crippen LogP contribution in [0.25, 0.3) is 0 Å². The highest BCUT2D eigenvalue weighted by molar-refractivity contribution is 5.95. The van der Waals surface area contributed by atoms with Gasteiger partial charge in [-0.2, -0.15) is 26.3 Å². The number of halogens is 6. The van der Waals surface area contributed by atoms with Crippen molar-refractivity contribution in [2.45, 2.75) is 69.3 Å². The van der Waals surface area contributed by atoms with Crippen LogP contribution in [-0.4, -0.2) is 55.2 Å². The largest absolute Gasteiger partial charge is 0.487 e. The minimum atomic E-state index is -4.79. The van der Waals surface area contributed by atoms with Gasteiger partial charge in [0.25, 0.3) is 5.91 Å². The summed E-state index contributed by atoms with van der Waals surface area (Å²) in [5.41, 5.74) is 0.389. The number of hydrogen-bond donors (Lipinski definition) is 2. The zero-order chi connectivity index (χ0) is 34.9. The lowest BCUT2D eigenvalue weighted by molar-refractivity contribution is -0.148. The van der Waals surface area contributed by atoms with Crippen LogP contribution >= 0.6 is 0 Å². The van der Waals surface area contributed by atoms with Gasteiger partial charge in [0.2, 0.25) is 11.7 Å². The Hall–Kier alpha value is -5.19. The number of hydrogen-bond acceptors (Lipinski definition) is 8. The second-order valence-corrected chi connectivity index (χ2v) is 12.7. The van der Waals surface area contributed by atoms with Gasteiger partial charge in [-0.1, -0.05) is 6.07 Å². The van der Waals surface area contributed by atoms with E-state index in [1.54, 1.807) is 29.3 Å². The number of carbonyl (C=O) groups excluding carboxylic acids is 2. The van der Waals surface area contributed by atoms with Crippen molar-refractivity contribution < 1.29 is 45.4 Å². The van der Waals surface area contributed by atoms with Crippen molar-refractivity contribution in [1.29, 1.82) is 0 Å². The van der Waals surface area contributed by atoms with E-state index in [1.165, 1.54) is 12.1 Å². The van der Waals surface area contributed by atoms with Crippen LogP contribution < -0.4 is 20.1 Å². The molecule has 3 aliphatic heterocycles. The molecule has 4 aliphatic rings.